The molecule has 2 atom stereocenters. The van der Waals surface area contributed by atoms with Gasteiger partial charge in [-0.25, -0.2) is 8.42 Å². The van der Waals surface area contributed by atoms with Gasteiger partial charge in [0.15, 0.2) is 0 Å². The molecule has 0 amide bonds. The monoisotopic (exact) mass is 429 g/mol. The van der Waals surface area contributed by atoms with Crippen molar-refractivity contribution in [1.29, 1.82) is 0 Å². The smallest absolute Gasteiger partial charge is 0.237 e. The molecule has 0 saturated carbocycles. The van der Waals surface area contributed by atoms with Gasteiger partial charge in [-0.2, -0.15) is 0 Å². The molecule has 1 aliphatic heterocycles. The maximum Gasteiger partial charge on any atom is 0.237 e. The molecule has 0 radical (unpaired) electrons. The lowest BCUT2D eigenvalue weighted by Crippen LogP contribution is -2.38. The third-order valence-corrected chi connectivity index (χ3v) is 7.73. The third-order valence-electron chi connectivity index (χ3n) is 5.61. The van der Waals surface area contributed by atoms with Gasteiger partial charge in [-0.3, -0.25) is 4.72 Å². The summed E-state index contributed by atoms with van der Waals surface area (Å²) in [6.45, 7) is 12.7. The molecule has 1 aliphatic rings. The minimum absolute atomic E-state index is 0.586. The summed E-state index contributed by atoms with van der Waals surface area (Å²) in [5.74, 6) is 1.48. The minimum atomic E-state index is -3.41. The molecule has 1 heterocycles. The topological polar surface area (TPSA) is 61.4 Å². The van der Waals surface area contributed by atoms with E-state index in [-0.39, 0.29) is 0 Å². The van der Waals surface area contributed by atoms with Crippen LogP contribution in [0.5, 0.6) is 0 Å². The summed E-state index contributed by atoms with van der Waals surface area (Å²) in [4.78, 5) is 2.49. The predicted octanol–water partition coefficient (Wildman–Crippen LogP) is 5.32. The highest BCUT2D eigenvalue weighted by molar-refractivity contribution is 7.94. The number of anilines is 3. The average Bonchev–Trinajstić information content (AvgIpc) is 2.66. The van der Waals surface area contributed by atoms with E-state index in [4.69, 9.17) is 0 Å². The SMILES string of the molecule is CC1C[C@@H](C)CN(c2ccc(NCc3ccc(NS(=O)(=O)C(C)(C)C)cc3)cc2)C1. The van der Waals surface area contributed by atoms with Crippen LogP contribution in [0.1, 0.15) is 46.6 Å². The van der Waals surface area contributed by atoms with Gasteiger partial charge >= 0.3 is 0 Å². The van der Waals surface area contributed by atoms with Crippen LogP contribution < -0.4 is 14.9 Å². The van der Waals surface area contributed by atoms with Crippen LogP contribution in [0.4, 0.5) is 17.1 Å². The quantitative estimate of drug-likeness (QED) is 0.652. The van der Waals surface area contributed by atoms with Gasteiger partial charge in [0, 0.05) is 36.7 Å². The number of piperidine rings is 1. The summed E-state index contributed by atoms with van der Waals surface area (Å²) < 4.78 is 26.3. The number of rotatable bonds is 6. The number of sulfonamides is 1. The molecule has 0 spiro atoms. The molecule has 2 aromatic carbocycles. The van der Waals surface area contributed by atoms with Crippen molar-refractivity contribution in [2.45, 2.75) is 52.3 Å². The maximum absolute atomic E-state index is 12.3. The zero-order valence-corrected chi connectivity index (χ0v) is 19.6. The third kappa shape index (κ3) is 5.69. The van der Waals surface area contributed by atoms with E-state index in [1.54, 1.807) is 20.8 Å². The molecule has 1 unspecified atom stereocenters. The lowest BCUT2D eigenvalue weighted by Gasteiger charge is -2.36. The van der Waals surface area contributed by atoms with E-state index in [0.29, 0.717) is 12.2 Å². The van der Waals surface area contributed by atoms with E-state index in [9.17, 15) is 8.42 Å². The molecular formula is C24H35N3O2S. The highest BCUT2D eigenvalue weighted by Crippen LogP contribution is 2.27. The number of hydrogen-bond acceptors (Lipinski definition) is 4. The van der Waals surface area contributed by atoms with Gasteiger partial charge in [0.25, 0.3) is 0 Å². The molecule has 2 N–H and O–H groups in total. The van der Waals surface area contributed by atoms with Gasteiger partial charge in [0.1, 0.15) is 0 Å². The predicted molar refractivity (Wildman–Crippen MR) is 128 cm³/mol. The summed E-state index contributed by atoms with van der Waals surface area (Å²) in [6, 6.07) is 16.1. The lowest BCUT2D eigenvalue weighted by molar-refractivity contribution is 0.357. The molecule has 1 saturated heterocycles. The highest BCUT2D eigenvalue weighted by Gasteiger charge is 2.28. The van der Waals surface area contributed by atoms with Crippen LogP contribution in [0.3, 0.4) is 0 Å². The Kier molecular flexibility index (Phi) is 6.65. The Morgan fingerprint density at radius 1 is 0.900 bits per heavy atom. The van der Waals surface area contributed by atoms with E-state index >= 15 is 0 Å². The molecule has 164 valence electrons. The zero-order valence-electron chi connectivity index (χ0n) is 18.8. The first kappa shape index (κ1) is 22.5. The van der Waals surface area contributed by atoms with Crippen molar-refractivity contribution in [2.24, 2.45) is 11.8 Å². The Hall–Kier alpha value is -2.21. The fraction of sp³-hybridized carbons (Fsp3) is 0.500. The van der Waals surface area contributed by atoms with E-state index in [1.165, 1.54) is 12.1 Å². The standard InChI is InChI=1S/C24H35N3O2S/c1-18-14-19(2)17-27(16-18)23-12-10-21(11-13-23)25-15-20-6-8-22(9-7-20)26-30(28,29)24(3,4)5/h6-13,18-19,25-26H,14-17H2,1-5H3/t18-,19?/m1/s1. The van der Waals surface area contributed by atoms with E-state index in [1.807, 2.05) is 24.3 Å². The Bertz CT molecular complexity index is 922. The zero-order chi connectivity index (χ0) is 21.9. The summed E-state index contributed by atoms with van der Waals surface area (Å²) in [5, 5.41) is 3.44. The fourth-order valence-corrected chi connectivity index (χ4v) is 4.62. The molecule has 5 nitrogen and oxygen atoms in total. The number of benzene rings is 2. The highest BCUT2D eigenvalue weighted by atomic mass is 32.2. The van der Waals surface area contributed by atoms with Gasteiger partial charge in [-0.1, -0.05) is 26.0 Å². The largest absolute Gasteiger partial charge is 0.381 e. The van der Waals surface area contributed by atoms with Gasteiger partial charge < -0.3 is 10.2 Å². The van der Waals surface area contributed by atoms with Gasteiger partial charge in [0.05, 0.1) is 4.75 Å². The second-order valence-electron chi connectivity index (χ2n) is 9.67. The molecule has 0 aliphatic carbocycles. The Morgan fingerprint density at radius 3 is 1.97 bits per heavy atom. The van der Waals surface area contributed by atoms with E-state index < -0.39 is 14.8 Å². The van der Waals surface area contributed by atoms with Crippen LogP contribution in [-0.4, -0.2) is 26.3 Å². The van der Waals surface area contributed by atoms with Crippen molar-refractivity contribution in [1.82, 2.24) is 0 Å². The molecular weight excluding hydrogens is 394 g/mol. The van der Waals surface area contributed by atoms with Crippen LogP contribution in [0.25, 0.3) is 0 Å². The van der Waals surface area contributed by atoms with Crippen molar-refractivity contribution in [2.75, 3.05) is 28.0 Å². The van der Waals surface area contributed by atoms with Crippen LogP contribution in [0.15, 0.2) is 48.5 Å². The normalized spacial score (nSPS) is 20.1. The second kappa shape index (κ2) is 8.88. The molecule has 3 rings (SSSR count). The van der Waals surface area contributed by atoms with Crippen molar-refractivity contribution >= 4 is 27.1 Å². The van der Waals surface area contributed by atoms with Crippen molar-refractivity contribution in [3.8, 4) is 0 Å². The summed E-state index contributed by atoms with van der Waals surface area (Å²) in [6.07, 6.45) is 1.31. The average molecular weight is 430 g/mol. The van der Waals surface area contributed by atoms with Gasteiger partial charge in [0.2, 0.25) is 10.0 Å². The maximum atomic E-state index is 12.3. The molecule has 0 bridgehead atoms. The number of nitrogens with zero attached hydrogens (tertiary/aromatic N) is 1. The molecule has 1 fully saturated rings. The van der Waals surface area contributed by atoms with E-state index in [0.717, 1.165) is 36.2 Å². The van der Waals surface area contributed by atoms with Crippen molar-refractivity contribution < 1.29 is 8.42 Å². The van der Waals surface area contributed by atoms with Gasteiger partial charge in [-0.05, 0) is 81.0 Å². The van der Waals surface area contributed by atoms with Crippen LogP contribution in [0, 0.1) is 11.8 Å². The molecule has 30 heavy (non-hydrogen) atoms. The first-order valence-corrected chi connectivity index (χ1v) is 12.2. The summed E-state index contributed by atoms with van der Waals surface area (Å²) in [5.41, 5.74) is 4.04. The Balaban J connectivity index is 1.56. The van der Waals surface area contributed by atoms with E-state index in [2.05, 4.69) is 53.1 Å². The summed E-state index contributed by atoms with van der Waals surface area (Å²) >= 11 is 0. The Morgan fingerprint density at radius 2 is 1.43 bits per heavy atom. The first-order chi connectivity index (χ1) is 14.0. The van der Waals surface area contributed by atoms with Crippen LogP contribution >= 0.6 is 0 Å². The van der Waals surface area contributed by atoms with Crippen molar-refractivity contribution in [3.63, 3.8) is 0 Å². The summed E-state index contributed by atoms with van der Waals surface area (Å²) in [7, 11) is -3.41. The van der Waals surface area contributed by atoms with Gasteiger partial charge in [-0.15, -0.1) is 0 Å². The number of hydrogen-bond donors (Lipinski definition) is 2. The second-order valence-corrected chi connectivity index (χ2v) is 12.1. The lowest BCUT2D eigenvalue weighted by atomic mass is 9.91. The molecule has 6 heteroatoms. The fourth-order valence-electron chi connectivity index (χ4n) is 3.87. The van der Waals surface area contributed by atoms with Crippen molar-refractivity contribution in [3.05, 3.63) is 54.1 Å². The molecule has 0 aromatic heterocycles. The first-order valence-electron chi connectivity index (χ1n) is 10.7. The van der Waals surface area contributed by atoms with Crippen LogP contribution in [0.2, 0.25) is 0 Å². The van der Waals surface area contributed by atoms with Crippen LogP contribution in [-0.2, 0) is 16.6 Å². The number of nitrogens with one attached hydrogen (secondary N) is 2. The minimum Gasteiger partial charge on any atom is -0.381 e. The molecule has 2 aromatic rings. The Labute approximate surface area is 181 Å².